The summed E-state index contributed by atoms with van der Waals surface area (Å²) in [5.41, 5.74) is 0.819. The van der Waals surface area contributed by atoms with Crippen LogP contribution in [-0.2, 0) is 10.0 Å². The molecule has 0 aliphatic rings. The van der Waals surface area contributed by atoms with Gasteiger partial charge in [-0.15, -0.1) is 0 Å². The normalized spacial score (nSPS) is 13.4. The Balaban J connectivity index is 4.14. The number of nitrogens with zero attached hydrogens (tertiary/aromatic N) is 1. The van der Waals surface area contributed by atoms with E-state index in [9.17, 15) is 8.42 Å². The summed E-state index contributed by atoms with van der Waals surface area (Å²) < 4.78 is 22.4. The van der Waals surface area contributed by atoms with Crippen LogP contribution in [0.1, 0.15) is 40.5 Å². The van der Waals surface area contributed by atoms with E-state index in [-0.39, 0.29) is 5.75 Å². The first kappa shape index (κ1) is 13.4. The molecule has 0 aliphatic heterocycles. The Hall–Kier alpha value is -0.580. The molecule has 0 unspecified atom stereocenters. The van der Waals surface area contributed by atoms with Gasteiger partial charge in [0.15, 0.2) is 0 Å². The summed E-state index contributed by atoms with van der Waals surface area (Å²) in [7, 11) is -3.20. The van der Waals surface area contributed by atoms with E-state index in [0.717, 1.165) is 12.1 Å². The molecule has 0 radical (unpaired) electrons. The molecule has 5 heteroatoms. The highest BCUT2D eigenvalue weighted by atomic mass is 32.2. The smallest absolute Gasteiger partial charge is 0.205 e. The minimum Gasteiger partial charge on any atom is -0.205 e. The standard InChI is InChI=1S/C9H20N2O2S/c1-5-6-14(12,13)11-10-9(4)7-8(2)3/h8,11H,5-7H2,1-4H3/b10-9+. The van der Waals surface area contributed by atoms with Gasteiger partial charge in [-0.25, -0.2) is 13.2 Å². The van der Waals surface area contributed by atoms with E-state index in [0.29, 0.717) is 12.3 Å². The van der Waals surface area contributed by atoms with Crippen LogP contribution in [0.25, 0.3) is 0 Å². The van der Waals surface area contributed by atoms with Crippen molar-refractivity contribution in [1.29, 1.82) is 0 Å². The first-order valence-electron chi connectivity index (χ1n) is 4.90. The van der Waals surface area contributed by atoms with Gasteiger partial charge >= 0.3 is 0 Å². The summed E-state index contributed by atoms with van der Waals surface area (Å²) in [6.45, 7) is 7.79. The minimum atomic E-state index is -3.20. The molecule has 0 heterocycles. The molecule has 0 aromatic rings. The zero-order chi connectivity index (χ0) is 11.2. The number of rotatable bonds is 6. The lowest BCUT2D eigenvalue weighted by Crippen LogP contribution is -2.22. The van der Waals surface area contributed by atoms with Gasteiger partial charge in [-0.05, 0) is 25.7 Å². The molecule has 0 saturated heterocycles. The van der Waals surface area contributed by atoms with Crippen LogP contribution < -0.4 is 4.83 Å². The predicted molar refractivity (Wildman–Crippen MR) is 59.8 cm³/mol. The van der Waals surface area contributed by atoms with Gasteiger partial charge < -0.3 is 0 Å². The minimum absolute atomic E-state index is 0.130. The fourth-order valence-corrected chi connectivity index (χ4v) is 2.02. The van der Waals surface area contributed by atoms with Crippen molar-refractivity contribution in [3.05, 3.63) is 0 Å². The number of hydrogen-bond donors (Lipinski definition) is 1. The lowest BCUT2D eigenvalue weighted by atomic mass is 10.1. The number of hydrazone groups is 1. The molecular weight excluding hydrogens is 200 g/mol. The fraction of sp³-hybridized carbons (Fsp3) is 0.889. The summed E-state index contributed by atoms with van der Waals surface area (Å²) in [4.78, 5) is 2.23. The van der Waals surface area contributed by atoms with Gasteiger partial charge in [0, 0.05) is 5.71 Å². The molecule has 0 aliphatic carbocycles. The van der Waals surface area contributed by atoms with Crippen molar-refractivity contribution in [2.24, 2.45) is 11.0 Å². The summed E-state index contributed by atoms with van der Waals surface area (Å²) >= 11 is 0. The van der Waals surface area contributed by atoms with Crippen molar-refractivity contribution in [3.8, 4) is 0 Å². The molecule has 1 N–H and O–H groups in total. The van der Waals surface area contributed by atoms with E-state index in [1.807, 2.05) is 13.8 Å². The molecular formula is C9H20N2O2S. The van der Waals surface area contributed by atoms with Crippen molar-refractivity contribution in [1.82, 2.24) is 4.83 Å². The van der Waals surface area contributed by atoms with Gasteiger partial charge in [-0.2, -0.15) is 5.10 Å². The van der Waals surface area contributed by atoms with Crippen molar-refractivity contribution < 1.29 is 8.42 Å². The summed E-state index contributed by atoms with van der Waals surface area (Å²) in [5, 5.41) is 3.83. The van der Waals surface area contributed by atoms with E-state index >= 15 is 0 Å². The third-order valence-corrected chi connectivity index (χ3v) is 2.87. The number of hydrogen-bond acceptors (Lipinski definition) is 3. The molecule has 0 bridgehead atoms. The highest BCUT2D eigenvalue weighted by molar-refractivity contribution is 7.89. The van der Waals surface area contributed by atoms with Gasteiger partial charge in [-0.1, -0.05) is 20.8 Å². The highest BCUT2D eigenvalue weighted by Gasteiger charge is 2.06. The molecule has 4 nitrogen and oxygen atoms in total. The highest BCUT2D eigenvalue weighted by Crippen LogP contribution is 2.00. The van der Waals surface area contributed by atoms with Gasteiger partial charge in [0.2, 0.25) is 10.0 Å². The van der Waals surface area contributed by atoms with E-state index in [4.69, 9.17) is 0 Å². The molecule has 0 fully saturated rings. The van der Waals surface area contributed by atoms with E-state index in [2.05, 4.69) is 23.8 Å². The Morgan fingerprint density at radius 1 is 1.43 bits per heavy atom. The summed E-state index contributed by atoms with van der Waals surface area (Å²) in [6.07, 6.45) is 1.42. The Morgan fingerprint density at radius 3 is 2.43 bits per heavy atom. The third-order valence-electron chi connectivity index (χ3n) is 1.55. The van der Waals surface area contributed by atoms with Crippen LogP contribution in [0.3, 0.4) is 0 Å². The van der Waals surface area contributed by atoms with Crippen LogP contribution in [0.2, 0.25) is 0 Å². The second kappa shape index (κ2) is 6.01. The zero-order valence-electron chi connectivity index (χ0n) is 9.37. The summed E-state index contributed by atoms with van der Waals surface area (Å²) in [5.74, 6) is 0.625. The van der Waals surface area contributed by atoms with Crippen LogP contribution in [-0.4, -0.2) is 19.9 Å². The van der Waals surface area contributed by atoms with Crippen LogP contribution >= 0.6 is 0 Å². The molecule has 14 heavy (non-hydrogen) atoms. The van der Waals surface area contributed by atoms with Crippen LogP contribution in [0.15, 0.2) is 5.10 Å². The second-order valence-electron chi connectivity index (χ2n) is 3.86. The molecule has 0 amide bonds. The molecule has 0 aromatic heterocycles. The van der Waals surface area contributed by atoms with Crippen LogP contribution in [0.4, 0.5) is 0 Å². The molecule has 0 atom stereocenters. The van der Waals surface area contributed by atoms with E-state index < -0.39 is 10.0 Å². The SMILES string of the molecule is CCCS(=O)(=O)N/N=C(\C)CC(C)C. The Morgan fingerprint density at radius 2 is 2.00 bits per heavy atom. The van der Waals surface area contributed by atoms with Crippen LogP contribution in [0.5, 0.6) is 0 Å². The Labute approximate surface area is 86.8 Å². The maximum Gasteiger partial charge on any atom is 0.247 e. The number of sulfonamides is 1. The van der Waals surface area contributed by atoms with E-state index in [1.54, 1.807) is 0 Å². The van der Waals surface area contributed by atoms with Gasteiger partial charge in [0.25, 0.3) is 0 Å². The van der Waals surface area contributed by atoms with Crippen LogP contribution in [0, 0.1) is 5.92 Å². The average molecular weight is 220 g/mol. The maximum absolute atomic E-state index is 11.2. The molecule has 0 saturated carbocycles. The maximum atomic E-state index is 11.2. The van der Waals surface area contributed by atoms with Crippen molar-refractivity contribution in [3.63, 3.8) is 0 Å². The molecule has 0 spiro atoms. The zero-order valence-corrected chi connectivity index (χ0v) is 10.2. The average Bonchev–Trinajstić information content (AvgIpc) is 2.00. The number of nitrogens with one attached hydrogen (secondary N) is 1. The van der Waals surface area contributed by atoms with Crippen molar-refractivity contribution in [2.45, 2.75) is 40.5 Å². The molecule has 84 valence electrons. The largest absolute Gasteiger partial charge is 0.247 e. The Bertz CT molecular complexity index is 281. The third kappa shape index (κ3) is 6.88. The van der Waals surface area contributed by atoms with Gasteiger partial charge in [0.1, 0.15) is 0 Å². The molecule has 0 aromatic carbocycles. The quantitative estimate of drug-likeness (QED) is 0.547. The topological polar surface area (TPSA) is 58.5 Å². The van der Waals surface area contributed by atoms with E-state index in [1.165, 1.54) is 0 Å². The Kier molecular flexibility index (Phi) is 5.76. The first-order valence-corrected chi connectivity index (χ1v) is 6.55. The van der Waals surface area contributed by atoms with Gasteiger partial charge in [0.05, 0.1) is 5.75 Å². The lowest BCUT2D eigenvalue weighted by molar-refractivity contribution is 0.582. The van der Waals surface area contributed by atoms with Crippen molar-refractivity contribution >= 4 is 15.7 Å². The predicted octanol–water partition coefficient (Wildman–Crippen LogP) is 1.74. The fourth-order valence-electron chi connectivity index (χ4n) is 1.10. The van der Waals surface area contributed by atoms with Gasteiger partial charge in [-0.3, -0.25) is 0 Å². The molecule has 0 rings (SSSR count). The van der Waals surface area contributed by atoms with Crippen molar-refractivity contribution in [2.75, 3.05) is 5.75 Å². The first-order chi connectivity index (χ1) is 6.37. The summed E-state index contributed by atoms with van der Waals surface area (Å²) in [6, 6.07) is 0. The monoisotopic (exact) mass is 220 g/mol. The lowest BCUT2D eigenvalue weighted by Gasteiger charge is -2.05. The second-order valence-corrected chi connectivity index (χ2v) is 5.68.